The number of methoxy groups -OCH3 is 1. The lowest BCUT2D eigenvalue weighted by atomic mass is 10.1. The predicted octanol–water partition coefficient (Wildman–Crippen LogP) is 4.57. The van der Waals surface area contributed by atoms with Crippen LogP contribution in [0.25, 0.3) is 10.9 Å². The van der Waals surface area contributed by atoms with Crippen molar-refractivity contribution in [3.63, 3.8) is 0 Å². The first kappa shape index (κ1) is 21.6. The molecule has 0 saturated heterocycles. The minimum atomic E-state index is -3.62. The zero-order valence-electron chi connectivity index (χ0n) is 17.9. The Labute approximate surface area is 187 Å². The molecule has 1 N–H and O–H groups in total. The van der Waals surface area contributed by atoms with Crippen LogP contribution in [-0.4, -0.2) is 26.0 Å². The summed E-state index contributed by atoms with van der Waals surface area (Å²) in [5, 5.41) is 3.44. The van der Waals surface area contributed by atoms with Crippen LogP contribution in [-0.2, 0) is 26.9 Å². The van der Waals surface area contributed by atoms with Crippen molar-refractivity contribution in [1.29, 1.82) is 0 Å². The number of benzene rings is 3. The highest BCUT2D eigenvalue weighted by Crippen LogP contribution is 2.29. The lowest BCUT2D eigenvalue weighted by Gasteiger charge is -2.10. The Balaban J connectivity index is 1.66. The lowest BCUT2D eigenvalue weighted by molar-refractivity contribution is -0.116. The van der Waals surface area contributed by atoms with E-state index in [-0.39, 0.29) is 23.1 Å². The van der Waals surface area contributed by atoms with Gasteiger partial charge in [0.25, 0.3) is 0 Å². The van der Waals surface area contributed by atoms with E-state index in [1.165, 1.54) is 7.11 Å². The van der Waals surface area contributed by atoms with Gasteiger partial charge >= 0.3 is 0 Å². The number of aryl methyl sites for hydroxylation is 1. The fourth-order valence-electron chi connectivity index (χ4n) is 3.74. The molecule has 0 saturated carbocycles. The second-order valence-corrected chi connectivity index (χ2v) is 9.53. The van der Waals surface area contributed by atoms with Gasteiger partial charge in [0.2, 0.25) is 5.91 Å². The van der Waals surface area contributed by atoms with Crippen molar-refractivity contribution in [3.05, 3.63) is 90.1 Å². The Morgan fingerprint density at radius 1 is 0.969 bits per heavy atom. The van der Waals surface area contributed by atoms with E-state index in [9.17, 15) is 13.2 Å². The number of nitrogens with one attached hydrogen (secondary N) is 1. The largest absolute Gasteiger partial charge is 0.495 e. The second kappa shape index (κ2) is 8.88. The molecule has 4 rings (SSSR count). The van der Waals surface area contributed by atoms with Crippen LogP contribution >= 0.6 is 0 Å². The van der Waals surface area contributed by atoms with E-state index in [2.05, 4.69) is 5.32 Å². The predicted molar refractivity (Wildman–Crippen MR) is 126 cm³/mol. The van der Waals surface area contributed by atoms with E-state index in [0.29, 0.717) is 22.3 Å². The number of para-hydroxylation sites is 3. The average molecular weight is 449 g/mol. The van der Waals surface area contributed by atoms with Crippen LogP contribution in [0.3, 0.4) is 0 Å². The second-order valence-electron chi connectivity index (χ2n) is 7.57. The van der Waals surface area contributed by atoms with E-state index in [4.69, 9.17) is 4.74 Å². The molecule has 0 aliphatic rings. The molecule has 0 spiro atoms. The van der Waals surface area contributed by atoms with E-state index in [1.807, 2.05) is 49.4 Å². The van der Waals surface area contributed by atoms with Gasteiger partial charge in [-0.25, -0.2) is 8.42 Å². The Bertz CT molecular complexity index is 1390. The zero-order valence-corrected chi connectivity index (χ0v) is 18.7. The van der Waals surface area contributed by atoms with Crippen molar-refractivity contribution >= 4 is 32.3 Å². The van der Waals surface area contributed by atoms with Crippen molar-refractivity contribution in [2.75, 3.05) is 12.4 Å². The van der Waals surface area contributed by atoms with Crippen molar-refractivity contribution in [3.8, 4) is 5.75 Å². The van der Waals surface area contributed by atoms with Crippen LogP contribution in [0, 0.1) is 6.92 Å². The Kier molecular flexibility index (Phi) is 6.01. The van der Waals surface area contributed by atoms with Crippen LogP contribution in [0.5, 0.6) is 5.75 Å². The highest BCUT2D eigenvalue weighted by molar-refractivity contribution is 7.90. The molecule has 0 atom stereocenters. The van der Waals surface area contributed by atoms with E-state index < -0.39 is 9.84 Å². The number of fused-ring (bicyclic) bond motifs is 1. The van der Waals surface area contributed by atoms with Gasteiger partial charge in [0.05, 0.1) is 23.4 Å². The zero-order chi connectivity index (χ0) is 22.7. The number of carbonyl (C=O) groups excluding carboxylic acids is 1. The minimum Gasteiger partial charge on any atom is -0.495 e. The van der Waals surface area contributed by atoms with Crippen LogP contribution in [0.1, 0.15) is 11.1 Å². The molecule has 6 nitrogen and oxygen atoms in total. The molecule has 164 valence electrons. The molecule has 1 heterocycles. The number of amides is 1. The van der Waals surface area contributed by atoms with Crippen LogP contribution in [0.2, 0.25) is 0 Å². The number of hydrogen-bond donors (Lipinski definition) is 1. The molecule has 32 heavy (non-hydrogen) atoms. The first-order valence-electron chi connectivity index (χ1n) is 10.2. The number of aromatic nitrogens is 1. The van der Waals surface area contributed by atoms with Crippen LogP contribution in [0.15, 0.2) is 83.9 Å². The maximum absolute atomic E-state index is 13.3. The summed E-state index contributed by atoms with van der Waals surface area (Å²) in [6, 6.07) is 21.8. The monoisotopic (exact) mass is 448 g/mol. The molecule has 0 aliphatic carbocycles. The maximum Gasteiger partial charge on any atom is 0.244 e. The van der Waals surface area contributed by atoms with Crippen LogP contribution in [0.4, 0.5) is 5.69 Å². The summed E-state index contributed by atoms with van der Waals surface area (Å²) in [6.45, 7) is 1.87. The van der Waals surface area contributed by atoms with Gasteiger partial charge in [-0.1, -0.05) is 54.6 Å². The number of ether oxygens (including phenoxy) is 1. The maximum atomic E-state index is 13.3. The van der Waals surface area contributed by atoms with E-state index in [1.54, 1.807) is 41.1 Å². The van der Waals surface area contributed by atoms with Gasteiger partial charge in [-0.3, -0.25) is 4.79 Å². The Hall–Kier alpha value is -3.58. The lowest BCUT2D eigenvalue weighted by Crippen LogP contribution is -2.18. The van der Waals surface area contributed by atoms with Gasteiger partial charge in [0.1, 0.15) is 12.3 Å². The highest BCUT2D eigenvalue weighted by atomic mass is 32.2. The fourth-order valence-corrected chi connectivity index (χ4v) is 5.42. The normalized spacial score (nSPS) is 11.4. The molecule has 3 aromatic carbocycles. The number of hydrogen-bond acceptors (Lipinski definition) is 4. The van der Waals surface area contributed by atoms with Crippen molar-refractivity contribution in [2.24, 2.45) is 0 Å². The van der Waals surface area contributed by atoms with Crippen molar-refractivity contribution < 1.29 is 17.9 Å². The van der Waals surface area contributed by atoms with Gasteiger partial charge < -0.3 is 14.6 Å². The highest BCUT2D eigenvalue weighted by Gasteiger charge is 2.23. The number of rotatable bonds is 7. The molecular formula is C25H24N2O4S. The summed E-state index contributed by atoms with van der Waals surface area (Å²) in [7, 11) is -2.08. The summed E-state index contributed by atoms with van der Waals surface area (Å²) in [5.41, 5.74) is 2.93. The van der Waals surface area contributed by atoms with Gasteiger partial charge in [-0.15, -0.1) is 0 Å². The minimum absolute atomic E-state index is 0.0293. The summed E-state index contributed by atoms with van der Waals surface area (Å²) >= 11 is 0. The number of sulfone groups is 1. The number of nitrogens with zero attached hydrogens (tertiary/aromatic N) is 1. The molecule has 0 bridgehead atoms. The molecule has 1 aromatic heterocycles. The van der Waals surface area contributed by atoms with Gasteiger partial charge in [0.15, 0.2) is 9.84 Å². The molecule has 0 radical (unpaired) electrons. The summed E-state index contributed by atoms with van der Waals surface area (Å²) in [6.07, 6.45) is 1.56. The first-order valence-corrected chi connectivity index (χ1v) is 11.8. The fraction of sp³-hybridized carbons (Fsp3) is 0.160. The summed E-state index contributed by atoms with van der Waals surface area (Å²) in [4.78, 5) is 13.0. The third-order valence-corrected chi connectivity index (χ3v) is 7.08. The standard InChI is InChI=1S/C25H24N2O4S/c1-18-9-3-4-10-19(18)17-32(29,30)24-15-27(22-13-7-5-11-20(22)24)16-25(28)26-21-12-6-8-14-23(21)31-2/h3-15H,16-17H2,1-2H3,(H,26,28). The molecule has 0 fully saturated rings. The van der Waals surface area contributed by atoms with E-state index >= 15 is 0 Å². The van der Waals surface area contributed by atoms with Crippen LogP contribution < -0.4 is 10.1 Å². The van der Waals surface area contributed by atoms with E-state index in [0.717, 1.165) is 11.1 Å². The van der Waals surface area contributed by atoms with Gasteiger partial charge in [-0.2, -0.15) is 0 Å². The molecule has 1 amide bonds. The molecule has 0 unspecified atom stereocenters. The molecule has 4 aromatic rings. The third-order valence-electron chi connectivity index (χ3n) is 5.39. The Morgan fingerprint density at radius 2 is 1.66 bits per heavy atom. The van der Waals surface area contributed by atoms with Gasteiger partial charge in [0, 0.05) is 17.1 Å². The topological polar surface area (TPSA) is 77.4 Å². The first-order chi connectivity index (χ1) is 15.4. The molecular weight excluding hydrogens is 424 g/mol. The number of anilines is 1. The summed E-state index contributed by atoms with van der Waals surface area (Å²) < 4.78 is 33.6. The molecule has 7 heteroatoms. The SMILES string of the molecule is COc1ccccc1NC(=O)Cn1cc(S(=O)(=O)Cc2ccccc2C)c2ccccc21. The van der Waals surface area contributed by atoms with Crippen molar-refractivity contribution in [1.82, 2.24) is 4.57 Å². The quantitative estimate of drug-likeness (QED) is 0.449. The van der Waals surface area contributed by atoms with Gasteiger partial charge in [-0.05, 0) is 36.2 Å². The average Bonchev–Trinajstić information content (AvgIpc) is 3.15. The smallest absolute Gasteiger partial charge is 0.244 e. The number of carbonyl (C=O) groups is 1. The summed E-state index contributed by atoms with van der Waals surface area (Å²) in [5.74, 6) is 0.180. The third kappa shape index (κ3) is 4.38. The molecule has 0 aliphatic heterocycles. The Morgan fingerprint density at radius 3 is 2.44 bits per heavy atom. The van der Waals surface area contributed by atoms with Crippen molar-refractivity contribution in [2.45, 2.75) is 24.1 Å².